The molecule has 152 valence electrons. The topological polar surface area (TPSA) is 90.8 Å². The molecule has 2 rings (SSSR count). The molecule has 0 aliphatic carbocycles. The van der Waals surface area contributed by atoms with E-state index in [1.54, 1.807) is 19.2 Å². The lowest BCUT2D eigenvalue weighted by Gasteiger charge is -2.15. The van der Waals surface area contributed by atoms with Crippen molar-refractivity contribution in [2.24, 2.45) is 4.99 Å². The summed E-state index contributed by atoms with van der Waals surface area (Å²) >= 11 is 0. The molecule has 0 unspecified atom stereocenters. The molecule has 9 heteroatoms. The van der Waals surface area contributed by atoms with E-state index < -0.39 is 28.1 Å². The lowest BCUT2D eigenvalue weighted by molar-refractivity contribution is 0.275. The first-order valence-corrected chi connectivity index (χ1v) is 10.6. The van der Waals surface area contributed by atoms with Crippen LogP contribution in [0.1, 0.15) is 22.3 Å². The molecular weight excluding hydrogens is 388 g/mol. The molecule has 3 N–H and O–H groups in total. The molecule has 0 bridgehead atoms. The number of halogens is 2. The van der Waals surface area contributed by atoms with E-state index in [0.717, 1.165) is 11.8 Å². The summed E-state index contributed by atoms with van der Waals surface area (Å²) in [6.07, 6.45) is 1.12. The van der Waals surface area contributed by atoms with Gasteiger partial charge < -0.3 is 15.7 Å². The zero-order valence-electron chi connectivity index (χ0n) is 15.7. The van der Waals surface area contributed by atoms with Crippen molar-refractivity contribution in [2.75, 3.05) is 13.3 Å². The maximum Gasteiger partial charge on any atom is 0.191 e. The van der Waals surface area contributed by atoms with Gasteiger partial charge in [-0.3, -0.25) is 4.99 Å². The molecule has 0 aliphatic heterocycles. The standard InChI is InChI=1S/C19H23F2N3O3S/c1-22-19(23-9-13-3-6-18(21)16(7-13)11-25)24-10-15-8-17(20)5-4-14(15)12-28(2,26)27/h3-8,25H,9-12H2,1-2H3,(H2,22,23,24). The van der Waals surface area contributed by atoms with Crippen LogP contribution < -0.4 is 10.6 Å². The van der Waals surface area contributed by atoms with Crippen LogP contribution >= 0.6 is 0 Å². The Labute approximate surface area is 163 Å². The maximum absolute atomic E-state index is 13.6. The fourth-order valence-corrected chi connectivity index (χ4v) is 3.47. The molecule has 0 spiro atoms. The van der Waals surface area contributed by atoms with Crippen LogP contribution in [0.25, 0.3) is 0 Å². The van der Waals surface area contributed by atoms with Gasteiger partial charge in [-0.05, 0) is 41.0 Å². The molecule has 2 aromatic carbocycles. The van der Waals surface area contributed by atoms with Crippen molar-refractivity contribution >= 4 is 15.8 Å². The SMILES string of the molecule is CN=C(NCc1ccc(F)c(CO)c1)NCc1cc(F)ccc1CS(C)(=O)=O. The number of hydrogen-bond donors (Lipinski definition) is 3. The number of sulfone groups is 1. The predicted molar refractivity (Wildman–Crippen MR) is 104 cm³/mol. The Kier molecular flexibility index (Phi) is 7.47. The van der Waals surface area contributed by atoms with Crippen LogP contribution in [0.15, 0.2) is 41.4 Å². The van der Waals surface area contributed by atoms with Crippen molar-refractivity contribution in [3.8, 4) is 0 Å². The van der Waals surface area contributed by atoms with Crippen LogP contribution in [0.5, 0.6) is 0 Å². The van der Waals surface area contributed by atoms with E-state index in [0.29, 0.717) is 23.6 Å². The van der Waals surface area contributed by atoms with E-state index in [1.165, 1.54) is 24.3 Å². The summed E-state index contributed by atoms with van der Waals surface area (Å²) in [4.78, 5) is 4.06. The van der Waals surface area contributed by atoms with Crippen molar-refractivity contribution in [3.63, 3.8) is 0 Å². The number of nitrogens with zero attached hydrogens (tertiary/aromatic N) is 1. The molecule has 2 aromatic rings. The zero-order chi connectivity index (χ0) is 20.7. The molecule has 0 radical (unpaired) electrons. The minimum absolute atomic E-state index is 0.174. The second kappa shape index (κ2) is 9.61. The number of hydrogen-bond acceptors (Lipinski definition) is 4. The first-order chi connectivity index (χ1) is 13.2. The van der Waals surface area contributed by atoms with Gasteiger partial charge in [0.15, 0.2) is 15.8 Å². The average molecular weight is 411 g/mol. The second-order valence-electron chi connectivity index (χ2n) is 6.35. The molecule has 0 saturated heterocycles. The normalized spacial score (nSPS) is 12.1. The van der Waals surface area contributed by atoms with Gasteiger partial charge in [-0.2, -0.15) is 0 Å². The molecule has 28 heavy (non-hydrogen) atoms. The highest BCUT2D eigenvalue weighted by atomic mass is 32.2. The Balaban J connectivity index is 2.03. The van der Waals surface area contributed by atoms with Crippen LogP contribution in [0.3, 0.4) is 0 Å². The van der Waals surface area contributed by atoms with Gasteiger partial charge in [0.1, 0.15) is 11.6 Å². The first-order valence-electron chi connectivity index (χ1n) is 8.49. The minimum Gasteiger partial charge on any atom is -0.392 e. The third-order valence-corrected chi connectivity index (χ3v) is 4.83. The van der Waals surface area contributed by atoms with Gasteiger partial charge >= 0.3 is 0 Å². The first kappa shape index (κ1) is 21.8. The number of aliphatic hydroxyl groups is 1. The molecule has 6 nitrogen and oxygen atoms in total. The van der Waals surface area contributed by atoms with E-state index in [4.69, 9.17) is 5.11 Å². The van der Waals surface area contributed by atoms with Crippen molar-refractivity contribution < 1.29 is 22.3 Å². The second-order valence-corrected chi connectivity index (χ2v) is 8.49. The third kappa shape index (κ3) is 6.58. The number of aliphatic imine (C=N–C) groups is 1. The Hall–Kier alpha value is -2.52. The van der Waals surface area contributed by atoms with E-state index >= 15 is 0 Å². The summed E-state index contributed by atoms with van der Waals surface area (Å²) < 4.78 is 50.2. The fraction of sp³-hybridized carbons (Fsp3) is 0.316. The highest BCUT2D eigenvalue weighted by Crippen LogP contribution is 2.14. The quantitative estimate of drug-likeness (QED) is 0.478. The Morgan fingerprint density at radius 3 is 2.39 bits per heavy atom. The lowest BCUT2D eigenvalue weighted by Crippen LogP contribution is -2.36. The molecule has 0 aromatic heterocycles. The van der Waals surface area contributed by atoms with E-state index in [1.807, 2.05) is 0 Å². The van der Waals surface area contributed by atoms with Crippen molar-refractivity contribution in [1.29, 1.82) is 0 Å². The molecule has 0 fully saturated rings. The molecule has 0 heterocycles. The van der Waals surface area contributed by atoms with Crippen molar-refractivity contribution in [1.82, 2.24) is 10.6 Å². The van der Waals surface area contributed by atoms with Crippen LogP contribution in [-0.4, -0.2) is 32.8 Å². The van der Waals surface area contributed by atoms with Crippen LogP contribution in [0.2, 0.25) is 0 Å². The Bertz CT molecular complexity index is 963. The number of nitrogens with one attached hydrogen (secondary N) is 2. The van der Waals surface area contributed by atoms with Gasteiger partial charge in [0.25, 0.3) is 0 Å². The minimum atomic E-state index is -3.26. The van der Waals surface area contributed by atoms with Gasteiger partial charge in [-0.25, -0.2) is 17.2 Å². The Morgan fingerprint density at radius 1 is 1.04 bits per heavy atom. The molecular formula is C19H23F2N3O3S. The Morgan fingerprint density at radius 2 is 1.75 bits per heavy atom. The predicted octanol–water partition coefficient (Wildman–Crippen LogP) is 1.87. The summed E-state index contributed by atoms with van der Waals surface area (Å²) in [6.45, 7) is 0.106. The number of benzene rings is 2. The fourth-order valence-electron chi connectivity index (χ4n) is 2.63. The molecule has 0 aliphatic rings. The zero-order valence-corrected chi connectivity index (χ0v) is 16.5. The molecule has 0 saturated carbocycles. The highest BCUT2D eigenvalue weighted by Gasteiger charge is 2.11. The summed E-state index contributed by atoms with van der Waals surface area (Å²) in [5, 5.41) is 15.2. The average Bonchev–Trinajstić information content (AvgIpc) is 2.64. The molecule has 0 atom stereocenters. The van der Waals surface area contributed by atoms with Crippen LogP contribution in [-0.2, 0) is 35.3 Å². The smallest absolute Gasteiger partial charge is 0.191 e. The van der Waals surface area contributed by atoms with Gasteiger partial charge in [0.2, 0.25) is 0 Å². The summed E-state index contributed by atoms with van der Waals surface area (Å²) in [7, 11) is -1.70. The monoisotopic (exact) mass is 411 g/mol. The number of guanidine groups is 1. The maximum atomic E-state index is 13.6. The lowest BCUT2D eigenvalue weighted by atomic mass is 10.1. The van der Waals surface area contributed by atoms with Gasteiger partial charge in [-0.15, -0.1) is 0 Å². The van der Waals surface area contributed by atoms with Gasteiger partial charge in [0.05, 0.1) is 12.4 Å². The number of aliphatic hydroxyl groups excluding tert-OH is 1. The summed E-state index contributed by atoms with van der Waals surface area (Å²) in [5.41, 5.74) is 1.97. The number of rotatable bonds is 7. The summed E-state index contributed by atoms with van der Waals surface area (Å²) in [6, 6.07) is 8.39. The molecule has 0 amide bonds. The van der Waals surface area contributed by atoms with E-state index in [9.17, 15) is 17.2 Å². The van der Waals surface area contributed by atoms with Crippen molar-refractivity contribution in [2.45, 2.75) is 25.4 Å². The van der Waals surface area contributed by atoms with E-state index in [2.05, 4.69) is 15.6 Å². The van der Waals surface area contributed by atoms with Crippen LogP contribution in [0, 0.1) is 11.6 Å². The third-order valence-electron chi connectivity index (χ3n) is 4.00. The van der Waals surface area contributed by atoms with Crippen LogP contribution in [0.4, 0.5) is 8.78 Å². The summed E-state index contributed by atoms with van der Waals surface area (Å²) in [5.74, 6) is -0.710. The van der Waals surface area contributed by atoms with Gasteiger partial charge in [0, 0.05) is 32.0 Å². The van der Waals surface area contributed by atoms with Gasteiger partial charge in [-0.1, -0.05) is 12.1 Å². The highest BCUT2D eigenvalue weighted by molar-refractivity contribution is 7.89. The van der Waals surface area contributed by atoms with E-state index in [-0.39, 0.29) is 17.9 Å². The van der Waals surface area contributed by atoms with Crippen molar-refractivity contribution in [3.05, 3.63) is 70.3 Å². The largest absolute Gasteiger partial charge is 0.392 e.